The molecule has 0 aliphatic rings. The first-order valence-corrected chi connectivity index (χ1v) is 10.6. The molecule has 0 radical (unpaired) electrons. The Bertz CT molecular complexity index is 959. The summed E-state index contributed by atoms with van der Waals surface area (Å²) in [5.41, 5.74) is 3.15. The maximum atomic E-state index is 12.6. The van der Waals surface area contributed by atoms with Gasteiger partial charge in [-0.15, -0.1) is 4.83 Å². The van der Waals surface area contributed by atoms with Gasteiger partial charge in [-0.2, -0.15) is 0 Å². The largest absolute Gasteiger partial charge is 0.495 e. The Labute approximate surface area is 171 Å². The Morgan fingerprint density at radius 1 is 1.00 bits per heavy atom. The minimum atomic E-state index is -4.03. The van der Waals surface area contributed by atoms with Crippen molar-refractivity contribution in [3.8, 4) is 17.2 Å². The predicted molar refractivity (Wildman–Crippen MR) is 109 cm³/mol. The van der Waals surface area contributed by atoms with Crippen LogP contribution in [0.25, 0.3) is 0 Å². The van der Waals surface area contributed by atoms with Crippen LogP contribution < -0.4 is 24.5 Å². The average Bonchev–Trinajstić information content (AvgIpc) is 2.72. The van der Waals surface area contributed by atoms with Crippen molar-refractivity contribution in [2.24, 2.45) is 0 Å². The molecule has 0 bridgehead atoms. The second-order valence-corrected chi connectivity index (χ2v) is 7.93. The second kappa shape index (κ2) is 10.1. The number of carbonyl (C=O) groups excluding carboxylic acids is 1. The number of ether oxygens (including phenoxy) is 3. The molecular weight excluding hydrogens is 396 g/mol. The molecule has 158 valence electrons. The first-order valence-electron chi connectivity index (χ1n) is 9.10. The van der Waals surface area contributed by atoms with Gasteiger partial charge < -0.3 is 14.2 Å². The topological polar surface area (TPSA) is 103 Å². The molecule has 29 heavy (non-hydrogen) atoms. The summed E-state index contributed by atoms with van der Waals surface area (Å²) in [6.45, 7) is 4.35. The van der Waals surface area contributed by atoms with E-state index < -0.39 is 15.9 Å². The van der Waals surface area contributed by atoms with Crippen molar-refractivity contribution in [2.75, 3.05) is 20.8 Å². The Balaban J connectivity index is 2.13. The lowest BCUT2D eigenvalue weighted by Crippen LogP contribution is -2.41. The lowest BCUT2D eigenvalue weighted by molar-refractivity contribution is 0.0944. The van der Waals surface area contributed by atoms with E-state index in [9.17, 15) is 13.2 Å². The summed E-state index contributed by atoms with van der Waals surface area (Å²) in [5.74, 6) is 0.436. The SMILES string of the molecule is CCCCOc1ccc(C(=O)NNS(=O)(=O)c2cc(C)ccc2OC)cc1OC. The highest BCUT2D eigenvalue weighted by Crippen LogP contribution is 2.28. The summed E-state index contributed by atoms with van der Waals surface area (Å²) in [6, 6.07) is 9.36. The number of amides is 1. The molecule has 0 unspecified atom stereocenters. The van der Waals surface area contributed by atoms with Crippen molar-refractivity contribution < 1.29 is 27.4 Å². The van der Waals surface area contributed by atoms with E-state index in [1.807, 2.05) is 0 Å². The van der Waals surface area contributed by atoms with Gasteiger partial charge in [0.25, 0.3) is 15.9 Å². The van der Waals surface area contributed by atoms with Crippen LogP contribution in [0.3, 0.4) is 0 Å². The molecule has 0 heterocycles. The molecule has 0 aliphatic carbocycles. The number of benzene rings is 2. The molecule has 0 fully saturated rings. The first-order chi connectivity index (χ1) is 13.8. The molecule has 9 heteroatoms. The molecule has 8 nitrogen and oxygen atoms in total. The molecule has 1 amide bonds. The van der Waals surface area contributed by atoms with Crippen molar-refractivity contribution in [1.29, 1.82) is 0 Å². The van der Waals surface area contributed by atoms with Crippen LogP contribution in [0, 0.1) is 6.92 Å². The summed E-state index contributed by atoms with van der Waals surface area (Å²) >= 11 is 0. The standard InChI is InChI=1S/C20H26N2O6S/c1-5-6-11-28-16-10-8-15(13-18(16)27-4)20(23)21-22-29(24,25)19-12-14(2)7-9-17(19)26-3/h7-10,12-13,22H,5-6,11H2,1-4H3,(H,21,23). The zero-order valence-corrected chi connectivity index (χ0v) is 17.8. The third kappa shape index (κ3) is 5.85. The lowest BCUT2D eigenvalue weighted by atomic mass is 10.2. The second-order valence-electron chi connectivity index (χ2n) is 6.28. The van der Waals surface area contributed by atoms with Gasteiger partial charge in [-0.1, -0.05) is 19.4 Å². The lowest BCUT2D eigenvalue weighted by Gasteiger charge is -2.14. The number of sulfonamides is 1. The smallest absolute Gasteiger partial charge is 0.266 e. The zero-order valence-electron chi connectivity index (χ0n) is 16.9. The van der Waals surface area contributed by atoms with Gasteiger partial charge in [0.2, 0.25) is 0 Å². The van der Waals surface area contributed by atoms with Crippen LogP contribution in [0.5, 0.6) is 17.2 Å². The number of methoxy groups -OCH3 is 2. The maximum absolute atomic E-state index is 12.6. The van der Waals surface area contributed by atoms with E-state index in [2.05, 4.69) is 17.2 Å². The molecule has 0 saturated heterocycles. The Kier molecular flexibility index (Phi) is 7.86. The predicted octanol–water partition coefficient (Wildman–Crippen LogP) is 2.81. The molecule has 2 rings (SSSR count). The van der Waals surface area contributed by atoms with E-state index in [-0.39, 0.29) is 16.2 Å². The van der Waals surface area contributed by atoms with E-state index in [0.29, 0.717) is 18.1 Å². The number of aryl methyl sites for hydroxylation is 1. The molecule has 0 aromatic heterocycles. The van der Waals surface area contributed by atoms with Crippen LogP contribution >= 0.6 is 0 Å². The Hall–Kier alpha value is -2.78. The third-order valence-corrected chi connectivity index (χ3v) is 5.36. The van der Waals surface area contributed by atoms with Crippen LogP contribution in [-0.4, -0.2) is 35.2 Å². The first kappa shape index (κ1) is 22.5. The summed E-state index contributed by atoms with van der Waals surface area (Å²) < 4.78 is 41.1. The van der Waals surface area contributed by atoms with Gasteiger partial charge in [0.15, 0.2) is 11.5 Å². The average molecular weight is 423 g/mol. The van der Waals surface area contributed by atoms with Crippen molar-refractivity contribution >= 4 is 15.9 Å². The van der Waals surface area contributed by atoms with Crippen molar-refractivity contribution in [3.63, 3.8) is 0 Å². The number of rotatable bonds is 10. The highest BCUT2D eigenvalue weighted by atomic mass is 32.2. The summed E-state index contributed by atoms with van der Waals surface area (Å²) in [5, 5.41) is 0. The highest BCUT2D eigenvalue weighted by molar-refractivity contribution is 7.89. The number of unbranched alkanes of at least 4 members (excludes halogenated alkanes) is 1. The van der Waals surface area contributed by atoms with E-state index >= 15 is 0 Å². The number of hydrazine groups is 1. The minimum Gasteiger partial charge on any atom is -0.495 e. The van der Waals surface area contributed by atoms with Gasteiger partial charge in [0, 0.05) is 5.56 Å². The van der Waals surface area contributed by atoms with Gasteiger partial charge in [-0.25, -0.2) is 8.42 Å². The van der Waals surface area contributed by atoms with Gasteiger partial charge in [0.1, 0.15) is 10.6 Å². The van der Waals surface area contributed by atoms with Gasteiger partial charge in [-0.05, 0) is 49.2 Å². The monoisotopic (exact) mass is 422 g/mol. The van der Waals surface area contributed by atoms with Crippen molar-refractivity contribution in [2.45, 2.75) is 31.6 Å². The summed E-state index contributed by atoms with van der Waals surface area (Å²) in [7, 11) is -1.19. The molecule has 2 aromatic carbocycles. The molecular formula is C20H26N2O6S. The van der Waals surface area contributed by atoms with Crippen LogP contribution in [-0.2, 0) is 10.0 Å². The van der Waals surface area contributed by atoms with Crippen LogP contribution in [0.1, 0.15) is 35.7 Å². The molecule has 0 spiro atoms. The van der Waals surface area contributed by atoms with E-state index in [0.717, 1.165) is 18.4 Å². The fraction of sp³-hybridized carbons (Fsp3) is 0.350. The molecule has 2 aromatic rings. The minimum absolute atomic E-state index is 0.0717. The summed E-state index contributed by atoms with van der Waals surface area (Å²) in [4.78, 5) is 14.4. The fourth-order valence-corrected chi connectivity index (χ4v) is 3.58. The molecule has 0 atom stereocenters. The Morgan fingerprint density at radius 2 is 1.69 bits per heavy atom. The van der Waals surface area contributed by atoms with Gasteiger partial charge in [-0.3, -0.25) is 10.2 Å². The fourth-order valence-electron chi connectivity index (χ4n) is 2.49. The van der Waals surface area contributed by atoms with Crippen LogP contribution in [0.4, 0.5) is 0 Å². The Morgan fingerprint density at radius 3 is 2.34 bits per heavy atom. The van der Waals surface area contributed by atoms with Gasteiger partial charge >= 0.3 is 0 Å². The normalized spacial score (nSPS) is 11.0. The molecule has 0 saturated carbocycles. The van der Waals surface area contributed by atoms with E-state index in [1.165, 1.54) is 32.4 Å². The van der Waals surface area contributed by atoms with Crippen LogP contribution in [0.2, 0.25) is 0 Å². The quantitative estimate of drug-likeness (QED) is 0.451. The van der Waals surface area contributed by atoms with E-state index in [1.54, 1.807) is 25.1 Å². The van der Waals surface area contributed by atoms with E-state index in [4.69, 9.17) is 14.2 Å². The number of carbonyl (C=O) groups is 1. The van der Waals surface area contributed by atoms with Crippen molar-refractivity contribution in [3.05, 3.63) is 47.5 Å². The molecule has 2 N–H and O–H groups in total. The number of hydrogen-bond acceptors (Lipinski definition) is 6. The van der Waals surface area contributed by atoms with Crippen LogP contribution in [0.15, 0.2) is 41.3 Å². The zero-order chi connectivity index (χ0) is 21.4. The van der Waals surface area contributed by atoms with Crippen molar-refractivity contribution in [1.82, 2.24) is 10.3 Å². The third-order valence-electron chi connectivity index (χ3n) is 4.09. The molecule has 0 aliphatic heterocycles. The number of nitrogens with one attached hydrogen (secondary N) is 2. The van der Waals surface area contributed by atoms with Gasteiger partial charge in [0.05, 0.1) is 20.8 Å². The summed E-state index contributed by atoms with van der Waals surface area (Å²) in [6.07, 6.45) is 1.89. The number of hydrogen-bond donors (Lipinski definition) is 2. The maximum Gasteiger partial charge on any atom is 0.266 e. The highest BCUT2D eigenvalue weighted by Gasteiger charge is 2.21.